The van der Waals surface area contributed by atoms with Gasteiger partial charge >= 0.3 is 0 Å². The SMILES string of the molecule is Cl.O=C(CCC(=O)N1CCNCC1c1cccnc1)c1ccc2c(c1)OCCO2. The first-order valence-corrected chi connectivity index (χ1v) is 9.55. The molecule has 1 amide bonds. The Hall–Kier alpha value is -2.64. The number of Topliss-reactive ketones (excluding diaryl/α,β-unsaturated/α-hetero) is 1. The Morgan fingerprint density at radius 1 is 1.14 bits per heavy atom. The van der Waals surface area contributed by atoms with Crippen LogP contribution in [0.2, 0.25) is 0 Å². The maximum Gasteiger partial charge on any atom is 0.223 e. The van der Waals surface area contributed by atoms with Gasteiger partial charge in [-0.3, -0.25) is 14.6 Å². The summed E-state index contributed by atoms with van der Waals surface area (Å²) in [5.41, 5.74) is 1.54. The first-order chi connectivity index (χ1) is 13.7. The molecule has 1 N–H and O–H groups in total. The van der Waals surface area contributed by atoms with E-state index in [1.165, 1.54) is 0 Å². The van der Waals surface area contributed by atoms with Gasteiger partial charge in [-0.2, -0.15) is 0 Å². The number of aromatic nitrogens is 1. The van der Waals surface area contributed by atoms with Gasteiger partial charge in [0.25, 0.3) is 0 Å². The van der Waals surface area contributed by atoms with Crippen molar-refractivity contribution in [2.75, 3.05) is 32.8 Å². The fourth-order valence-corrected chi connectivity index (χ4v) is 3.60. The summed E-state index contributed by atoms with van der Waals surface area (Å²) >= 11 is 0. The van der Waals surface area contributed by atoms with E-state index < -0.39 is 0 Å². The van der Waals surface area contributed by atoms with Crippen molar-refractivity contribution >= 4 is 24.1 Å². The average Bonchev–Trinajstić information content (AvgIpc) is 2.77. The molecular weight excluding hydrogens is 394 g/mol. The number of ether oxygens (including phenoxy) is 2. The highest BCUT2D eigenvalue weighted by Crippen LogP contribution is 2.31. The molecule has 1 saturated heterocycles. The minimum Gasteiger partial charge on any atom is -0.486 e. The number of ketones is 1. The van der Waals surface area contributed by atoms with Crippen LogP contribution in [0.5, 0.6) is 11.5 Å². The van der Waals surface area contributed by atoms with Crippen molar-refractivity contribution in [3.8, 4) is 11.5 Å². The molecule has 2 aliphatic heterocycles. The number of nitrogens with zero attached hydrogens (tertiary/aromatic N) is 2. The zero-order chi connectivity index (χ0) is 19.3. The highest BCUT2D eigenvalue weighted by molar-refractivity contribution is 5.98. The molecule has 4 rings (SSSR count). The van der Waals surface area contributed by atoms with Crippen molar-refractivity contribution in [3.63, 3.8) is 0 Å². The number of hydrogen-bond acceptors (Lipinski definition) is 6. The molecule has 1 aromatic heterocycles. The van der Waals surface area contributed by atoms with Crippen LogP contribution in [0.15, 0.2) is 42.7 Å². The van der Waals surface area contributed by atoms with Crippen LogP contribution in [0.1, 0.15) is 34.8 Å². The Labute approximate surface area is 175 Å². The van der Waals surface area contributed by atoms with Crippen LogP contribution in [0.3, 0.4) is 0 Å². The molecule has 7 nitrogen and oxygen atoms in total. The molecule has 0 spiro atoms. The quantitative estimate of drug-likeness (QED) is 0.752. The summed E-state index contributed by atoms with van der Waals surface area (Å²) in [5.74, 6) is 1.15. The van der Waals surface area contributed by atoms with E-state index in [-0.39, 0.29) is 43.0 Å². The van der Waals surface area contributed by atoms with Crippen LogP contribution < -0.4 is 14.8 Å². The molecule has 3 heterocycles. The summed E-state index contributed by atoms with van der Waals surface area (Å²) in [5, 5.41) is 3.32. The number of benzene rings is 1. The Morgan fingerprint density at radius 3 is 2.76 bits per heavy atom. The highest BCUT2D eigenvalue weighted by atomic mass is 35.5. The number of rotatable bonds is 5. The number of piperazine rings is 1. The molecule has 1 unspecified atom stereocenters. The first kappa shape index (κ1) is 21.1. The summed E-state index contributed by atoms with van der Waals surface area (Å²) < 4.78 is 11.0. The maximum atomic E-state index is 12.8. The summed E-state index contributed by atoms with van der Waals surface area (Å²) in [6.07, 6.45) is 3.86. The monoisotopic (exact) mass is 417 g/mol. The van der Waals surface area contributed by atoms with Crippen molar-refractivity contribution in [2.45, 2.75) is 18.9 Å². The van der Waals surface area contributed by atoms with Gasteiger partial charge in [-0.25, -0.2) is 0 Å². The van der Waals surface area contributed by atoms with Crippen molar-refractivity contribution in [1.82, 2.24) is 15.2 Å². The zero-order valence-corrected chi connectivity index (χ0v) is 16.8. The highest BCUT2D eigenvalue weighted by Gasteiger charge is 2.28. The minimum atomic E-state index is -0.0709. The molecule has 29 heavy (non-hydrogen) atoms. The van der Waals surface area contributed by atoms with Gasteiger partial charge in [0.05, 0.1) is 6.04 Å². The molecule has 0 radical (unpaired) electrons. The van der Waals surface area contributed by atoms with Crippen molar-refractivity contribution < 1.29 is 19.1 Å². The van der Waals surface area contributed by atoms with E-state index in [1.807, 2.05) is 17.0 Å². The van der Waals surface area contributed by atoms with Crippen LogP contribution in [0.25, 0.3) is 0 Å². The second-order valence-electron chi connectivity index (χ2n) is 6.88. The molecule has 1 atom stereocenters. The third-order valence-corrected chi connectivity index (χ3v) is 5.06. The number of hydrogen-bond donors (Lipinski definition) is 1. The summed E-state index contributed by atoms with van der Waals surface area (Å²) in [7, 11) is 0. The van der Waals surface area contributed by atoms with Crippen molar-refractivity contribution in [1.29, 1.82) is 0 Å². The smallest absolute Gasteiger partial charge is 0.223 e. The molecule has 0 aliphatic carbocycles. The van der Waals surface area contributed by atoms with Gasteiger partial charge in [0.2, 0.25) is 5.91 Å². The molecule has 2 aromatic rings. The maximum absolute atomic E-state index is 12.8. The van der Waals surface area contributed by atoms with Gasteiger partial charge in [0.15, 0.2) is 17.3 Å². The lowest BCUT2D eigenvalue weighted by Crippen LogP contribution is -2.48. The van der Waals surface area contributed by atoms with Crippen molar-refractivity contribution in [3.05, 3.63) is 53.9 Å². The van der Waals surface area contributed by atoms with Crippen LogP contribution in [0, 0.1) is 0 Å². The standard InChI is InChI=1S/C21H23N3O4.ClH/c25-18(15-3-5-19-20(12-15)28-11-10-27-19)4-6-21(26)24-9-8-23-14-17(24)16-2-1-7-22-13-16;/h1-3,5,7,12-13,17,23H,4,6,8-11,14H2;1H. The van der Waals surface area contributed by atoms with Gasteiger partial charge in [-0.05, 0) is 29.8 Å². The Morgan fingerprint density at radius 2 is 1.97 bits per heavy atom. The van der Waals surface area contributed by atoms with Gasteiger partial charge in [-0.15, -0.1) is 12.4 Å². The van der Waals surface area contributed by atoms with Gasteiger partial charge in [0, 0.05) is 50.4 Å². The summed E-state index contributed by atoms with van der Waals surface area (Å²) in [4.78, 5) is 31.4. The second kappa shape index (κ2) is 9.71. The van der Waals surface area contributed by atoms with Crippen LogP contribution >= 0.6 is 12.4 Å². The van der Waals surface area contributed by atoms with E-state index in [1.54, 1.807) is 30.6 Å². The molecule has 8 heteroatoms. The largest absolute Gasteiger partial charge is 0.486 e. The van der Waals surface area contributed by atoms with Crippen LogP contribution in [0.4, 0.5) is 0 Å². The van der Waals surface area contributed by atoms with E-state index in [9.17, 15) is 9.59 Å². The van der Waals surface area contributed by atoms with E-state index >= 15 is 0 Å². The van der Waals surface area contributed by atoms with Crippen molar-refractivity contribution in [2.24, 2.45) is 0 Å². The number of fused-ring (bicyclic) bond motifs is 1. The number of halogens is 1. The normalized spacial score (nSPS) is 17.9. The number of carbonyl (C=O) groups excluding carboxylic acids is 2. The lowest BCUT2D eigenvalue weighted by atomic mass is 10.0. The number of amides is 1. The third kappa shape index (κ3) is 4.86. The van der Waals surface area contributed by atoms with Gasteiger partial charge in [-0.1, -0.05) is 6.07 Å². The fraction of sp³-hybridized carbons (Fsp3) is 0.381. The molecular formula is C21H24ClN3O4. The second-order valence-corrected chi connectivity index (χ2v) is 6.88. The predicted molar refractivity (Wildman–Crippen MR) is 110 cm³/mol. The molecule has 1 aromatic carbocycles. The molecule has 154 valence electrons. The lowest BCUT2D eigenvalue weighted by molar-refractivity contribution is -0.134. The van der Waals surface area contributed by atoms with Crippen LogP contribution in [-0.2, 0) is 4.79 Å². The third-order valence-electron chi connectivity index (χ3n) is 5.06. The molecule has 0 saturated carbocycles. The lowest BCUT2D eigenvalue weighted by Gasteiger charge is -2.36. The molecule has 0 bridgehead atoms. The summed E-state index contributed by atoms with van der Waals surface area (Å²) in [6, 6.07) is 8.97. The Bertz CT molecular complexity index is 862. The molecule has 2 aliphatic rings. The van der Waals surface area contributed by atoms with E-state index in [0.29, 0.717) is 43.4 Å². The first-order valence-electron chi connectivity index (χ1n) is 9.55. The Balaban J connectivity index is 0.00000240. The predicted octanol–water partition coefficient (Wildman–Crippen LogP) is 2.41. The zero-order valence-electron chi connectivity index (χ0n) is 16.0. The van der Waals surface area contributed by atoms with Crippen LogP contribution in [-0.4, -0.2) is 54.4 Å². The minimum absolute atomic E-state index is 0. The fourth-order valence-electron chi connectivity index (χ4n) is 3.60. The topological polar surface area (TPSA) is 80.8 Å². The Kier molecular flexibility index (Phi) is 7.06. The van der Waals surface area contributed by atoms with E-state index in [0.717, 1.165) is 12.1 Å². The number of carbonyl (C=O) groups is 2. The van der Waals surface area contributed by atoms with E-state index in [2.05, 4.69) is 10.3 Å². The molecule has 1 fully saturated rings. The van der Waals surface area contributed by atoms with Gasteiger partial charge < -0.3 is 19.7 Å². The average molecular weight is 418 g/mol. The van der Waals surface area contributed by atoms with E-state index in [4.69, 9.17) is 9.47 Å². The number of pyridine rings is 1. The number of nitrogens with one attached hydrogen (secondary N) is 1. The summed E-state index contributed by atoms with van der Waals surface area (Å²) in [6.45, 7) is 3.04. The van der Waals surface area contributed by atoms with Gasteiger partial charge in [0.1, 0.15) is 13.2 Å².